The summed E-state index contributed by atoms with van der Waals surface area (Å²) >= 11 is 0. The SMILES string of the molecule is [CH2]CCCCc1cccc(NC(C)=O)c1. The molecule has 0 unspecified atom stereocenters. The second kappa shape index (κ2) is 6.23. The fourth-order valence-corrected chi connectivity index (χ4v) is 1.51. The molecule has 0 heterocycles. The Labute approximate surface area is 91.7 Å². The van der Waals surface area contributed by atoms with Crippen LogP contribution in [0, 0.1) is 6.92 Å². The molecule has 0 aliphatic carbocycles. The molecule has 1 amide bonds. The van der Waals surface area contributed by atoms with Crippen molar-refractivity contribution in [2.75, 3.05) is 5.32 Å². The van der Waals surface area contributed by atoms with Crippen LogP contribution in [-0.2, 0) is 11.2 Å². The average molecular weight is 204 g/mol. The molecular weight excluding hydrogens is 186 g/mol. The monoisotopic (exact) mass is 204 g/mol. The molecule has 0 aromatic heterocycles. The number of rotatable bonds is 5. The van der Waals surface area contributed by atoms with E-state index in [0.29, 0.717) is 0 Å². The third kappa shape index (κ3) is 4.63. The van der Waals surface area contributed by atoms with Gasteiger partial charge in [-0.15, -0.1) is 0 Å². The van der Waals surface area contributed by atoms with Gasteiger partial charge >= 0.3 is 0 Å². The predicted molar refractivity (Wildman–Crippen MR) is 63.7 cm³/mol. The molecule has 0 atom stereocenters. The number of nitrogens with one attached hydrogen (secondary N) is 1. The molecule has 1 aromatic rings. The number of carbonyl (C=O) groups is 1. The minimum Gasteiger partial charge on any atom is -0.326 e. The third-order valence-electron chi connectivity index (χ3n) is 2.21. The first-order valence-electron chi connectivity index (χ1n) is 5.38. The zero-order valence-electron chi connectivity index (χ0n) is 9.25. The first-order valence-corrected chi connectivity index (χ1v) is 5.38. The third-order valence-corrected chi connectivity index (χ3v) is 2.21. The Morgan fingerprint density at radius 3 is 2.87 bits per heavy atom. The molecule has 81 valence electrons. The maximum Gasteiger partial charge on any atom is 0.221 e. The van der Waals surface area contributed by atoms with Gasteiger partial charge < -0.3 is 5.32 Å². The van der Waals surface area contributed by atoms with Crippen LogP contribution in [-0.4, -0.2) is 5.91 Å². The number of amides is 1. The van der Waals surface area contributed by atoms with Gasteiger partial charge in [0.15, 0.2) is 0 Å². The molecule has 2 nitrogen and oxygen atoms in total. The highest BCUT2D eigenvalue weighted by Gasteiger charge is 1.97. The van der Waals surface area contributed by atoms with Crippen LogP contribution < -0.4 is 5.32 Å². The molecule has 1 radical (unpaired) electrons. The van der Waals surface area contributed by atoms with Crippen LogP contribution in [0.15, 0.2) is 24.3 Å². The Morgan fingerprint density at radius 1 is 1.40 bits per heavy atom. The average Bonchev–Trinajstić information content (AvgIpc) is 2.18. The number of benzene rings is 1. The summed E-state index contributed by atoms with van der Waals surface area (Å²) in [6.07, 6.45) is 4.37. The van der Waals surface area contributed by atoms with Gasteiger partial charge in [0.05, 0.1) is 0 Å². The maximum atomic E-state index is 10.9. The van der Waals surface area contributed by atoms with Crippen molar-refractivity contribution in [3.05, 3.63) is 36.8 Å². The number of unbranched alkanes of at least 4 members (excludes halogenated alkanes) is 2. The van der Waals surface area contributed by atoms with Crippen molar-refractivity contribution in [3.8, 4) is 0 Å². The summed E-state index contributed by atoms with van der Waals surface area (Å²) in [5.41, 5.74) is 2.16. The van der Waals surface area contributed by atoms with Crippen molar-refractivity contribution in [1.82, 2.24) is 0 Å². The fourth-order valence-electron chi connectivity index (χ4n) is 1.51. The molecule has 0 saturated heterocycles. The second-order valence-electron chi connectivity index (χ2n) is 3.69. The number of hydrogen-bond donors (Lipinski definition) is 1. The normalized spacial score (nSPS) is 10.0. The van der Waals surface area contributed by atoms with Crippen molar-refractivity contribution < 1.29 is 4.79 Å². The maximum absolute atomic E-state index is 10.9. The van der Waals surface area contributed by atoms with E-state index in [-0.39, 0.29) is 5.91 Å². The van der Waals surface area contributed by atoms with E-state index < -0.39 is 0 Å². The van der Waals surface area contributed by atoms with Gasteiger partial charge in [0, 0.05) is 12.6 Å². The Balaban J connectivity index is 2.53. The fraction of sp³-hybridized carbons (Fsp3) is 0.385. The Morgan fingerprint density at radius 2 is 2.20 bits per heavy atom. The first kappa shape index (κ1) is 11.8. The summed E-state index contributed by atoms with van der Waals surface area (Å²) in [4.78, 5) is 10.9. The zero-order chi connectivity index (χ0) is 11.1. The van der Waals surface area contributed by atoms with Crippen LogP contribution in [0.1, 0.15) is 31.7 Å². The molecule has 15 heavy (non-hydrogen) atoms. The van der Waals surface area contributed by atoms with Gasteiger partial charge in [0.25, 0.3) is 0 Å². The lowest BCUT2D eigenvalue weighted by Crippen LogP contribution is -2.05. The second-order valence-corrected chi connectivity index (χ2v) is 3.69. The Bertz CT molecular complexity index is 320. The summed E-state index contributed by atoms with van der Waals surface area (Å²) in [5.74, 6) is -0.0232. The molecule has 0 fully saturated rings. The standard InChI is InChI=1S/C13H18NO/c1-3-4-5-7-12-8-6-9-13(10-12)14-11(2)15/h6,8-10H,1,3-5,7H2,2H3,(H,14,15). The van der Waals surface area contributed by atoms with Crippen molar-refractivity contribution in [1.29, 1.82) is 0 Å². The molecule has 0 aliphatic rings. The van der Waals surface area contributed by atoms with E-state index in [9.17, 15) is 4.79 Å². The molecule has 0 aliphatic heterocycles. The highest BCUT2D eigenvalue weighted by atomic mass is 16.1. The van der Waals surface area contributed by atoms with Gasteiger partial charge in [-0.1, -0.05) is 31.9 Å². The first-order chi connectivity index (χ1) is 7.22. The topological polar surface area (TPSA) is 29.1 Å². The van der Waals surface area contributed by atoms with Gasteiger partial charge in [-0.2, -0.15) is 0 Å². The Hall–Kier alpha value is -1.31. The molecule has 1 aromatic carbocycles. The van der Waals surface area contributed by atoms with Crippen molar-refractivity contribution in [3.63, 3.8) is 0 Å². The van der Waals surface area contributed by atoms with E-state index in [1.165, 1.54) is 12.5 Å². The van der Waals surface area contributed by atoms with E-state index in [1.807, 2.05) is 18.2 Å². The molecule has 0 saturated carbocycles. The summed E-state index contributed by atoms with van der Waals surface area (Å²) < 4.78 is 0. The molecule has 1 N–H and O–H groups in total. The molecule has 0 bridgehead atoms. The largest absolute Gasteiger partial charge is 0.326 e. The number of aryl methyl sites for hydroxylation is 1. The smallest absolute Gasteiger partial charge is 0.221 e. The number of carbonyl (C=O) groups excluding carboxylic acids is 1. The minimum atomic E-state index is -0.0232. The van der Waals surface area contributed by atoms with Crippen molar-refractivity contribution >= 4 is 11.6 Å². The lowest BCUT2D eigenvalue weighted by atomic mass is 10.1. The molecule has 0 spiro atoms. The summed E-state index contributed by atoms with van der Waals surface area (Å²) in [5, 5.41) is 2.78. The number of anilines is 1. The van der Waals surface area contributed by atoms with E-state index in [0.717, 1.165) is 31.4 Å². The van der Waals surface area contributed by atoms with Gasteiger partial charge in [-0.05, 0) is 30.5 Å². The predicted octanol–water partition coefficient (Wildman–Crippen LogP) is 3.19. The molecule has 1 rings (SSSR count). The summed E-state index contributed by atoms with van der Waals surface area (Å²) in [6, 6.07) is 8.01. The minimum absolute atomic E-state index is 0.0232. The summed E-state index contributed by atoms with van der Waals surface area (Å²) in [6.45, 7) is 5.34. The highest BCUT2D eigenvalue weighted by molar-refractivity contribution is 5.88. The van der Waals surface area contributed by atoms with Crippen LogP contribution in [0.2, 0.25) is 0 Å². The lowest BCUT2D eigenvalue weighted by Gasteiger charge is -2.05. The van der Waals surface area contributed by atoms with Gasteiger partial charge in [-0.25, -0.2) is 0 Å². The van der Waals surface area contributed by atoms with Crippen molar-refractivity contribution in [2.24, 2.45) is 0 Å². The quantitative estimate of drug-likeness (QED) is 0.733. The van der Waals surface area contributed by atoms with Gasteiger partial charge in [-0.3, -0.25) is 4.79 Å². The van der Waals surface area contributed by atoms with Crippen molar-refractivity contribution in [2.45, 2.75) is 32.6 Å². The number of hydrogen-bond acceptors (Lipinski definition) is 1. The van der Waals surface area contributed by atoms with E-state index in [1.54, 1.807) is 0 Å². The van der Waals surface area contributed by atoms with Gasteiger partial charge in [0.2, 0.25) is 5.91 Å². The van der Waals surface area contributed by atoms with Crippen LogP contribution in [0.5, 0.6) is 0 Å². The van der Waals surface area contributed by atoms with Crippen LogP contribution in [0.4, 0.5) is 5.69 Å². The molecule has 2 heteroatoms. The van der Waals surface area contributed by atoms with E-state index >= 15 is 0 Å². The Kier molecular flexibility index (Phi) is 4.88. The lowest BCUT2D eigenvalue weighted by molar-refractivity contribution is -0.114. The van der Waals surface area contributed by atoms with Crippen LogP contribution in [0.3, 0.4) is 0 Å². The zero-order valence-corrected chi connectivity index (χ0v) is 9.25. The van der Waals surface area contributed by atoms with Crippen LogP contribution >= 0.6 is 0 Å². The highest BCUT2D eigenvalue weighted by Crippen LogP contribution is 2.13. The van der Waals surface area contributed by atoms with E-state index in [2.05, 4.69) is 18.3 Å². The molecular formula is C13H18NO. The van der Waals surface area contributed by atoms with Gasteiger partial charge in [0.1, 0.15) is 0 Å². The van der Waals surface area contributed by atoms with E-state index in [4.69, 9.17) is 0 Å². The summed E-state index contributed by atoms with van der Waals surface area (Å²) in [7, 11) is 0. The van der Waals surface area contributed by atoms with Crippen LogP contribution in [0.25, 0.3) is 0 Å².